The van der Waals surface area contributed by atoms with Crippen LogP contribution in [0.25, 0.3) is 21.9 Å². The third-order valence-electron chi connectivity index (χ3n) is 11.1. The topological polar surface area (TPSA) is 172 Å². The molecule has 0 aromatic heterocycles. The van der Waals surface area contributed by atoms with Crippen molar-refractivity contribution in [2.75, 3.05) is 25.1 Å². The summed E-state index contributed by atoms with van der Waals surface area (Å²) in [6, 6.07) is 26.3. The molecule has 12 nitrogen and oxygen atoms in total. The van der Waals surface area contributed by atoms with Crippen LogP contribution in [-0.2, 0) is 28.7 Å². The quantitative estimate of drug-likeness (QED) is 0.0516. The third-order valence-corrected chi connectivity index (χ3v) is 11.1. The first-order chi connectivity index (χ1) is 28.6. The van der Waals surface area contributed by atoms with E-state index in [0.29, 0.717) is 24.9 Å². The second-order valence-corrected chi connectivity index (χ2v) is 15.3. The lowest BCUT2D eigenvalue weighted by Gasteiger charge is -2.29. The van der Waals surface area contributed by atoms with Gasteiger partial charge in [-0.1, -0.05) is 104 Å². The number of hydrogen-bond acceptors (Lipinski definition) is 8. The number of aliphatic hydroxyl groups excluding tert-OH is 1. The smallest absolute Gasteiger partial charge is 0.407 e. The van der Waals surface area contributed by atoms with Crippen molar-refractivity contribution < 1.29 is 38.6 Å². The summed E-state index contributed by atoms with van der Waals surface area (Å²) in [4.78, 5) is 67.7. The molecule has 3 atom stereocenters. The number of allylic oxidation sites excluding steroid dienone is 2. The maximum Gasteiger partial charge on any atom is 0.407 e. The Labute approximate surface area is 344 Å². The molecule has 2 aliphatic carbocycles. The van der Waals surface area contributed by atoms with Crippen molar-refractivity contribution in [2.24, 2.45) is 5.92 Å². The van der Waals surface area contributed by atoms with Crippen molar-refractivity contribution in [2.45, 2.75) is 74.9 Å². The fourth-order valence-electron chi connectivity index (χ4n) is 7.98. The Morgan fingerprint density at radius 3 is 2.10 bits per heavy atom. The molecule has 4 aromatic rings. The Morgan fingerprint density at radius 2 is 1.44 bits per heavy atom. The van der Waals surface area contributed by atoms with Gasteiger partial charge in [-0.2, -0.15) is 0 Å². The highest BCUT2D eigenvalue weighted by Gasteiger charge is 2.36. The third kappa shape index (κ3) is 10.6. The van der Waals surface area contributed by atoms with E-state index in [2.05, 4.69) is 34.4 Å². The van der Waals surface area contributed by atoms with E-state index >= 15 is 0 Å². The highest BCUT2D eigenvalue weighted by atomic mass is 16.6. The van der Waals surface area contributed by atoms with Crippen molar-refractivity contribution in [1.82, 2.24) is 16.0 Å². The summed E-state index contributed by atoms with van der Waals surface area (Å²) in [6.45, 7) is 6.74. The van der Waals surface area contributed by atoms with Gasteiger partial charge in [0.1, 0.15) is 25.3 Å². The molecular formula is C47H52N4O8. The fourth-order valence-corrected chi connectivity index (χ4v) is 7.98. The van der Waals surface area contributed by atoms with E-state index in [1.165, 1.54) is 6.08 Å². The van der Waals surface area contributed by atoms with Gasteiger partial charge in [-0.05, 0) is 77.3 Å². The maximum absolute atomic E-state index is 13.9. The van der Waals surface area contributed by atoms with Crippen molar-refractivity contribution >= 4 is 46.2 Å². The lowest BCUT2D eigenvalue weighted by molar-refractivity contribution is -0.148. The second kappa shape index (κ2) is 19.9. The number of esters is 1. The molecule has 4 aromatic carbocycles. The number of carbonyl (C=O) groups is 5. The van der Waals surface area contributed by atoms with Gasteiger partial charge in [0, 0.05) is 18.0 Å². The van der Waals surface area contributed by atoms with Crippen LogP contribution in [0.4, 0.5) is 10.5 Å². The van der Waals surface area contributed by atoms with Crippen LogP contribution < -0.4 is 21.3 Å². The van der Waals surface area contributed by atoms with E-state index in [9.17, 15) is 29.1 Å². The Morgan fingerprint density at radius 1 is 0.780 bits per heavy atom. The van der Waals surface area contributed by atoms with Crippen LogP contribution in [-0.4, -0.2) is 72.3 Å². The molecule has 5 N–H and O–H groups in total. The standard InChI is InChI=1S/C47H52N4O8/c1-3-5-21-40(50-46(57)59-28-39-37-19-10-8-17-35(37)36-18-9-11-20-38(36)39)45(56)58-29-41(44(55)48-34-23-22-31-15-6-7-16-32(31)26-34)49-43(54)33(14-4-2)27-42(53)51-47(30-52)24-12-13-25-47/h3-4,6-11,15-20,22-23,26,33,39-41,52H,1-2,5,12-14,21,24-25,27-30H2,(H,48,55)(H,49,54)(H,50,57)(H,51,53)/t33-,40+,41+/m1/s1. The van der Waals surface area contributed by atoms with Gasteiger partial charge in [-0.3, -0.25) is 14.4 Å². The summed E-state index contributed by atoms with van der Waals surface area (Å²) in [7, 11) is 0. The van der Waals surface area contributed by atoms with Gasteiger partial charge >= 0.3 is 12.1 Å². The summed E-state index contributed by atoms with van der Waals surface area (Å²) in [5, 5.41) is 22.9. The predicted molar refractivity (Wildman–Crippen MR) is 226 cm³/mol. The van der Waals surface area contributed by atoms with Crippen molar-refractivity contribution in [1.29, 1.82) is 0 Å². The summed E-state index contributed by atoms with van der Waals surface area (Å²) in [5.74, 6) is -3.64. The largest absolute Gasteiger partial charge is 0.461 e. The molecule has 0 heterocycles. The van der Waals surface area contributed by atoms with Crippen molar-refractivity contribution in [3.8, 4) is 11.1 Å². The van der Waals surface area contributed by atoms with E-state index in [4.69, 9.17) is 9.47 Å². The summed E-state index contributed by atoms with van der Waals surface area (Å²) in [5.41, 5.74) is 3.96. The average Bonchev–Trinajstić information content (AvgIpc) is 3.85. The Balaban J connectivity index is 1.13. The van der Waals surface area contributed by atoms with Crippen LogP contribution in [0.3, 0.4) is 0 Å². The van der Waals surface area contributed by atoms with Gasteiger partial charge < -0.3 is 35.8 Å². The minimum atomic E-state index is -1.39. The summed E-state index contributed by atoms with van der Waals surface area (Å²) in [6.07, 6.45) is 5.72. The Kier molecular flexibility index (Phi) is 14.3. The van der Waals surface area contributed by atoms with Crippen molar-refractivity contribution in [3.63, 3.8) is 0 Å². The zero-order chi connectivity index (χ0) is 41.8. The number of carbonyl (C=O) groups excluding carboxylic acids is 5. The Hall–Kier alpha value is -6.27. The molecule has 0 radical (unpaired) electrons. The number of nitrogens with one attached hydrogen (secondary N) is 4. The molecule has 4 amide bonds. The SMILES string of the molecule is C=CCC[C@H](NC(=O)OCC1c2ccccc2-c2ccccc21)C(=O)OC[C@H](NC(=O)[C@H](CC=C)CC(=O)NC1(CO)CCCC1)C(=O)Nc1ccc2ccccc2c1. The van der Waals surface area contributed by atoms with Crippen LogP contribution in [0.1, 0.15) is 68.4 Å². The molecule has 0 saturated heterocycles. The molecule has 1 saturated carbocycles. The van der Waals surface area contributed by atoms with E-state index < -0.39 is 59.9 Å². The molecule has 2 aliphatic rings. The summed E-state index contributed by atoms with van der Waals surface area (Å²) >= 11 is 0. The zero-order valence-electron chi connectivity index (χ0n) is 33.1. The number of rotatable bonds is 19. The number of hydrogen-bond donors (Lipinski definition) is 5. The first-order valence-electron chi connectivity index (χ1n) is 20.2. The fraction of sp³-hybridized carbons (Fsp3) is 0.340. The number of anilines is 1. The number of alkyl carbamates (subject to hydrolysis) is 1. The minimum absolute atomic E-state index is 0.0387. The molecule has 6 rings (SSSR count). The first-order valence-corrected chi connectivity index (χ1v) is 20.2. The molecule has 0 aliphatic heterocycles. The predicted octanol–water partition coefficient (Wildman–Crippen LogP) is 6.68. The molecule has 0 unspecified atom stereocenters. The van der Waals surface area contributed by atoms with Crippen molar-refractivity contribution in [3.05, 3.63) is 127 Å². The van der Waals surface area contributed by atoms with Gasteiger partial charge in [-0.25, -0.2) is 9.59 Å². The van der Waals surface area contributed by atoms with Gasteiger partial charge in [0.15, 0.2) is 0 Å². The lowest BCUT2D eigenvalue weighted by Crippen LogP contribution is -2.52. The first kappa shape index (κ1) is 42.3. The molecular weight excluding hydrogens is 749 g/mol. The van der Waals surface area contributed by atoms with Crippen LogP contribution >= 0.6 is 0 Å². The van der Waals surface area contributed by atoms with Gasteiger partial charge in [0.05, 0.1) is 18.1 Å². The van der Waals surface area contributed by atoms with E-state index in [1.807, 2.05) is 78.9 Å². The Bertz CT molecular complexity index is 2130. The molecule has 308 valence electrons. The average molecular weight is 801 g/mol. The number of ether oxygens (including phenoxy) is 2. The molecule has 1 fully saturated rings. The maximum atomic E-state index is 13.9. The van der Waals surface area contributed by atoms with Crippen LogP contribution in [0.5, 0.6) is 0 Å². The van der Waals surface area contributed by atoms with Gasteiger partial charge in [0.2, 0.25) is 11.8 Å². The zero-order valence-corrected chi connectivity index (χ0v) is 33.1. The van der Waals surface area contributed by atoms with Gasteiger partial charge in [0.25, 0.3) is 5.91 Å². The highest BCUT2D eigenvalue weighted by molar-refractivity contribution is 6.00. The number of aliphatic hydroxyl groups is 1. The monoisotopic (exact) mass is 800 g/mol. The van der Waals surface area contributed by atoms with Gasteiger partial charge in [-0.15, -0.1) is 13.2 Å². The number of amides is 4. The van der Waals surface area contributed by atoms with Crippen LogP contribution in [0.2, 0.25) is 0 Å². The molecule has 59 heavy (non-hydrogen) atoms. The van der Waals surface area contributed by atoms with E-state index in [0.717, 1.165) is 45.9 Å². The molecule has 12 heteroatoms. The molecule has 0 spiro atoms. The van der Waals surface area contributed by atoms with Crippen LogP contribution in [0, 0.1) is 5.92 Å². The number of benzene rings is 4. The number of fused-ring (bicyclic) bond motifs is 4. The highest BCUT2D eigenvalue weighted by Crippen LogP contribution is 2.44. The van der Waals surface area contributed by atoms with E-state index in [-0.39, 0.29) is 38.4 Å². The van der Waals surface area contributed by atoms with Crippen LogP contribution in [0.15, 0.2) is 116 Å². The molecule has 0 bridgehead atoms. The lowest BCUT2D eigenvalue weighted by atomic mass is 9.95. The van der Waals surface area contributed by atoms with E-state index in [1.54, 1.807) is 18.2 Å². The minimum Gasteiger partial charge on any atom is -0.461 e. The normalized spacial score (nSPS) is 15.4. The second-order valence-electron chi connectivity index (χ2n) is 15.3. The summed E-state index contributed by atoms with van der Waals surface area (Å²) < 4.78 is 11.3.